The molecule has 2 aromatic heterocycles. The molecule has 0 aliphatic heterocycles. The first kappa shape index (κ1) is 31.0. The van der Waals surface area contributed by atoms with Crippen LogP contribution in [0.15, 0.2) is 52.8 Å². The smallest absolute Gasteiger partial charge is 0.330 e. The number of allylic oxidation sites excluding steroid dienone is 1. The first-order valence-electron chi connectivity index (χ1n) is 12.3. The number of pyridine rings is 1. The molecule has 0 saturated carbocycles. The summed E-state index contributed by atoms with van der Waals surface area (Å²) in [5.74, 6) is -3.45. The maximum Gasteiger partial charge on any atom is 0.330 e. The number of anilines is 1. The number of nitrogens with one attached hydrogen (secondary N) is 3. The fraction of sp³-hybridized carbons (Fsp3) is 0.385. The van der Waals surface area contributed by atoms with Crippen molar-refractivity contribution in [3.63, 3.8) is 0 Å². The van der Waals surface area contributed by atoms with Crippen molar-refractivity contribution in [1.82, 2.24) is 15.2 Å². The number of hydrogen-bond donors (Lipinski definition) is 4. The van der Waals surface area contributed by atoms with Crippen LogP contribution < -0.4 is 21.5 Å². The van der Waals surface area contributed by atoms with Gasteiger partial charge in [0, 0.05) is 30.1 Å². The molecule has 2 rings (SSSR count). The molecular formula is C26H32N4O8S. The van der Waals surface area contributed by atoms with Gasteiger partial charge in [-0.05, 0) is 49.8 Å². The minimum atomic E-state index is -1.16. The number of carboxylic acids is 1. The number of carbonyl (C=O) groups is 5. The standard InChI is InChI=1S/C26H32N4O8S/c1-2-38-24(35)10-4-3-8-19(28-21(31)11-12-23(33)34)25(36)29-20-9-5-15-30(26(20)37)17-22(32)27-14-13-18-7-6-16-39-18/h4-7,9-10,15-16,19H,2-3,8,11-14,17H2,1H3,(H,27,32)(H,28,31)(H,29,36)(H,33,34)/b10-4+/t19-/m0/s1. The van der Waals surface area contributed by atoms with E-state index in [1.54, 1.807) is 18.3 Å². The van der Waals surface area contributed by atoms with Crippen LogP contribution in [0.1, 0.15) is 37.5 Å². The van der Waals surface area contributed by atoms with E-state index in [2.05, 4.69) is 16.0 Å². The summed E-state index contributed by atoms with van der Waals surface area (Å²) in [7, 11) is 0. The van der Waals surface area contributed by atoms with E-state index in [0.29, 0.717) is 13.0 Å². The number of esters is 1. The van der Waals surface area contributed by atoms with Gasteiger partial charge in [-0.15, -0.1) is 11.3 Å². The topological polar surface area (TPSA) is 173 Å². The Kier molecular flexibility index (Phi) is 13.1. The lowest BCUT2D eigenvalue weighted by atomic mass is 10.1. The Morgan fingerprint density at radius 1 is 1.13 bits per heavy atom. The molecule has 4 N–H and O–H groups in total. The number of amides is 3. The quantitative estimate of drug-likeness (QED) is 0.176. The molecule has 0 aliphatic rings. The van der Waals surface area contributed by atoms with E-state index in [9.17, 15) is 28.8 Å². The zero-order valence-corrected chi connectivity index (χ0v) is 22.3. The second kappa shape index (κ2) is 16.6. The number of hydrogen-bond acceptors (Lipinski definition) is 8. The van der Waals surface area contributed by atoms with Crippen molar-refractivity contribution in [2.24, 2.45) is 0 Å². The van der Waals surface area contributed by atoms with Crippen LogP contribution >= 0.6 is 11.3 Å². The molecule has 0 aliphatic carbocycles. The van der Waals surface area contributed by atoms with Crippen LogP contribution in [0.3, 0.4) is 0 Å². The predicted octanol–water partition coefficient (Wildman–Crippen LogP) is 1.46. The summed E-state index contributed by atoms with van der Waals surface area (Å²) in [5.41, 5.74) is -0.710. The summed E-state index contributed by atoms with van der Waals surface area (Å²) >= 11 is 1.58. The van der Waals surface area contributed by atoms with Crippen molar-refractivity contribution >= 4 is 46.7 Å². The van der Waals surface area contributed by atoms with Crippen LogP contribution in [0.2, 0.25) is 0 Å². The average Bonchev–Trinajstić information content (AvgIpc) is 3.40. The van der Waals surface area contributed by atoms with E-state index in [1.807, 2.05) is 17.5 Å². The van der Waals surface area contributed by atoms with Crippen LogP contribution in [0, 0.1) is 0 Å². The monoisotopic (exact) mass is 560 g/mol. The molecule has 13 heteroatoms. The van der Waals surface area contributed by atoms with Crippen LogP contribution in [0.25, 0.3) is 0 Å². The molecule has 0 saturated heterocycles. The van der Waals surface area contributed by atoms with Crippen molar-refractivity contribution < 1.29 is 33.8 Å². The van der Waals surface area contributed by atoms with Crippen LogP contribution in [-0.4, -0.2) is 58.5 Å². The molecule has 0 spiro atoms. The average molecular weight is 561 g/mol. The van der Waals surface area contributed by atoms with Gasteiger partial charge in [0.1, 0.15) is 18.3 Å². The number of aromatic nitrogens is 1. The summed E-state index contributed by atoms with van der Waals surface area (Å²) in [5, 5.41) is 18.4. The first-order chi connectivity index (χ1) is 18.7. The molecule has 0 aromatic carbocycles. The van der Waals surface area contributed by atoms with Gasteiger partial charge in [-0.1, -0.05) is 12.1 Å². The molecule has 0 bridgehead atoms. The van der Waals surface area contributed by atoms with Crippen molar-refractivity contribution in [1.29, 1.82) is 0 Å². The highest BCUT2D eigenvalue weighted by molar-refractivity contribution is 7.09. The minimum absolute atomic E-state index is 0.0637. The Morgan fingerprint density at radius 2 is 1.92 bits per heavy atom. The highest BCUT2D eigenvalue weighted by atomic mass is 32.1. The van der Waals surface area contributed by atoms with Crippen LogP contribution in [0.5, 0.6) is 0 Å². The van der Waals surface area contributed by atoms with Gasteiger partial charge in [-0.2, -0.15) is 0 Å². The molecule has 39 heavy (non-hydrogen) atoms. The number of nitrogens with zero attached hydrogens (tertiary/aromatic N) is 1. The maximum atomic E-state index is 13.0. The third-order valence-corrected chi connectivity index (χ3v) is 6.18. The largest absolute Gasteiger partial charge is 0.481 e. The summed E-state index contributed by atoms with van der Waals surface area (Å²) in [6, 6.07) is 5.64. The van der Waals surface area contributed by atoms with Crippen LogP contribution in [0.4, 0.5) is 5.69 Å². The highest BCUT2D eigenvalue weighted by Gasteiger charge is 2.22. The van der Waals surface area contributed by atoms with E-state index < -0.39 is 41.8 Å². The molecule has 12 nitrogen and oxygen atoms in total. The fourth-order valence-corrected chi connectivity index (χ4v) is 4.06. The second-order valence-electron chi connectivity index (χ2n) is 8.27. The Hall–Kier alpha value is -4.26. The lowest BCUT2D eigenvalue weighted by Gasteiger charge is -2.18. The van der Waals surface area contributed by atoms with Gasteiger partial charge in [-0.25, -0.2) is 4.79 Å². The molecule has 3 amide bonds. The number of rotatable bonds is 16. The predicted molar refractivity (Wildman–Crippen MR) is 144 cm³/mol. The first-order valence-corrected chi connectivity index (χ1v) is 13.2. The SMILES string of the molecule is CCOC(=O)/C=C/CC[C@H](NC(=O)CCC(=O)O)C(=O)Nc1cccn(CC(=O)NCCc2cccs2)c1=O. The minimum Gasteiger partial charge on any atom is -0.481 e. The van der Waals surface area contributed by atoms with Crippen molar-refractivity contribution in [3.05, 3.63) is 63.2 Å². The highest BCUT2D eigenvalue weighted by Crippen LogP contribution is 2.08. The Bertz CT molecular complexity index is 1220. The summed E-state index contributed by atoms with van der Waals surface area (Å²) in [6.45, 7) is 2.04. The van der Waals surface area contributed by atoms with Gasteiger partial charge in [0.2, 0.25) is 17.7 Å². The Morgan fingerprint density at radius 3 is 2.62 bits per heavy atom. The number of aliphatic carboxylic acids is 1. The second-order valence-corrected chi connectivity index (χ2v) is 9.30. The molecule has 2 heterocycles. The molecule has 0 fully saturated rings. The van der Waals surface area contributed by atoms with Gasteiger partial charge in [0.05, 0.1) is 13.0 Å². The number of thiophene rings is 1. The third kappa shape index (κ3) is 11.8. The Labute approximate surface area is 229 Å². The molecule has 0 unspecified atom stereocenters. The molecule has 2 aromatic rings. The number of ether oxygens (including phenoxy) is 1. The normalized spacial score (nSPS) is 11.5. The third-order valence-electron chi connectivity index (χ3n) is 5.25. The lowest BCUT2D eigenvalue weighted by Crippen LogP contribution is -2.44. The number of carboxylic acid groups (broad SMARTS) is 1. The van der Waals surface area contributed by atoms with Gasteiger partial charge < -0.3 is 30.4 Å². The van der Waals surface area contributed by atoms with E-state index >= 15 is 0 Å². The van der Waals surface area contributed by atoms with Crippen molar-refractivity contribution in [2.75, 3.05) is 18.5 Å². The lowest BCUT2D eigenvalue weighted by molar-refractivity contribution is -0.139. The fourth-order valence-electron chi connectivity index (χ4n) is 3.36. The maximum absolute atomic E-state index is 13.0. The van der Waals surface area contributed by atoms with E-state index in [-0.39, 0.29) is 44.0 Å². The Balaban J connectivity index is 2.03. The van der Waals surface area contributed by atoms with Crippen molar-refractivity contribution in [2.45, 2.75) is 51.6 Å². The number of carbonyl (C=O) groups excluding carboxylic acids is 4. The van der Waals surface area contributed by atoms with Gasteiger partial charge in [-0.3, -0.25) is 24.0 Å². The van der Waals surface area contributed by atoms with Crippen LogP contribution in [-0.2, 0) is 41.7 Å². The van der Waals surface area contributed by atoms with Gasteiger partial charge in [0.25, 0.3) is 5.56 Å². The summed E-state index contributed by atoms with van der Waals surface area (Å²) in [4.78, 5) is 73.7. The van der Waals surface area contributed by atoms with E-state index in [0.717, 1.165) is 9.44 Å². The molecule has 210 valence electrons. The van der Waals surface area contributed by atoms with E-state index in [1.165, 1.54) is 30.5 Å². The molecular weight excluding hydrogens is 528 g/mol. The molecule has 1 atom stereocenters. The summed E-state index contributed by atoms with van der Waals surface area (Å²) < 4.78 is 5.94. The zero-order chi connectivity index (χ0) is 28.6. The van der Waals surface area contributed by atoms with Crippen molar-refractivity contribution in [3.8, 4) is 0 Å². The van der Waals surface area contributed by atoms with E-state index in [4.69, 9.17) is 9.84 Å². The zero-order valence-electron chi connectivity index (χ0n) is 21.5. The summed E-state index contributed by atoms with van der Waals surface area (Å²) in [6.07, 6.45) is 4.29. The van der Waals surface area contributed by atoms with Gasteiger partial charge >= 0.3 is 11.9 Å². The van der Waals surface area contributed by atoms with Gasteiger partial charge in [0.15, 0.2) is 0 Å². The molecule has 0 radical (unpaired) electrons.